The molecular weight excluding hydrogens is 248 g/mol. The number of aryl methyl sites for hydroxylation is 2. The van der Waals surface area contributed by atoms with Gasteiger partial charge in [-0.15, -0.1) is 0 Å². The maximum absolute atomic E-state index is 5.75. The van der Waals surface area contributed by atoms with Gasteiger partial charge in [-0.2, -0.15) is 0 Å². The van der Waals surface area contributed by atoms with Crippen LogP contribution in [-0.4, -0.2) is 18.8 Å². The van der Waals surface area contributed by atoms with Gasteiger partial charge in [0.1, 0.15) is 0 Å². The minimum atomic E-state index is 0.364. The van der Waals surface area contributed by atoms with E-state index in [4.69, 9.17) is 10.6 Å². The van der Waals surface area contributed by atoms with Gasteiger partial charge in [-0.1, -0.05) is 23.8 Å². The Hall–Kier alpha value is -0.900. The molecule has 0 aliphatic heterocycles. The molecule has 1 saturated carbocycles. The molecule has 1 atom stereocenters. The number of rotatable bonds is 7. The average molecular weight is 276 g/mol. The number of nitrogens with two attached hydrogens (primary N) is 1. The summed E-state index contributed by atoms with van der Waals surface area (Å²) in [7, 11) is 0. The molecule has 1 aliphatic rings. The molecule has 3 nitrogen and oxygen atoms in total. The second kappa shape index (κ2) is 7.21. The van der Waals surface area contributed by atoms with Crippen molar-refractivity contribution in [2.24, 2.45) is 11.8 Å². The molecule has 3 heteroatoms. The second-order valence-electron chi connectivity index (χ2n) is 6.15. The number of hydrazine groups is 1. The third kappa shape index (κ3) is 4.05. The van der Waals surface area contributed by atoms with Crippen LogP contribution in [0.1, 0.15) is 42.9 Å². The summed E-state index contributed by atoms with van der Waals surface area (Å²) in [5.41, 5.74) is 7.09. The van der Waals surface area contributed by atoms with Crippen molar-refractivity contribution in [1.29, 1.82) is 0 Å². The molecule has 112 valence electrons. The first-order valence-electron chi connectivity index (χ1n) is 7.76. The topological polar surface area (TPSA) is 47.3 Å². The van der Waals surface area contributed by atoms with Crippen LogP contribution in [0.5, 0.6) is 0 Å². The van der Waals surface area contributed by atoms with Crippen molar-refractivity contribution >= 4 is 0 Å². The summed E-state index contributed by atoms with van der Waals surface area (Å²) in [5, 5.41) is 0. The van der Waals surface area contributed by atoms with E-state index in [-0.39, 0.29) is 0 Å². The SMILES string of the molecule is CCOC1CC(CC(Cc2cc(C)ccc2C)NN)C1. The van der Waals surface area contributed by atoms with Gasteiger partial charge in [0.2, 0.25) is 0 Å². The predicted octanol–water partition coefficient (Wildman–Crippen LogP) is 2.88. The Bertz CT molecular complexity index is 427. The third-order valence-corrected chi connectivity index (χ3v) is 4.42. The van der Waals surface area contributed by atoms with E-state index in [1.54, 1.807) is 0 Å². The largest absolute Gasteiger partial charge is 0.378 e. The Morgan fingerprint density at radius 3 is 2.75 bits per heavy atom. The quantitative estimate of drug-likeness (QED) is 0.594. The lowest BCUT2D eigenvalue weighted by Gasteiger charge is -2.37. The normalized spacial score (nSPS) is 23.4. The zero-order chi connectivity index (χ0) is 14.5. The first kappa shape index (κ1) is 15.5. The van der Waals surface area contributed by atoms with E-state index in [0.717, 1.165) is 25.4 Å². The van der Waals surface area contributed by atoms with Gasteiger partial charge in [-0.25, -0.2) is 0 Å². The summed E-state index contributed by atoms with van der Waals surface area (Å²) in [6.07, 6.45) is 5.04. The van der Waals surface area contributed by atoms with Crippen LogP contribution in [-0.2, 0) is 11.2 Å². The Morgan fingerprint density at radius 1 is 1.35 bits per heavy atom. The van der Waals surface area contributed by atoms with Crippen LogP contribution in [0.25, 0.3) is 0 Å². The number of benzene rings is 1. The fraction of sp³-hybridized carbons (Fsp3) is 0.647. The maximum Gasteiger partial charge on any atom is 0.0580 e. The van der Waals surface area contributed by atoms with Crippen molar-refractivity contribution in [3.8, 4) is 0 Å². The van der Waals surface area contributed by atoms with E-state index >= 15 is 0 Å². The summed E-state index contributed by atoms with van der Waals surface area (Å²) in [6.45, 7) is 7.22. The molecular formula is C17H28N2O. The van der Waals surface area contributed by atoms with Crippen molar-refractivity contribution in [1.82, 2.24) is 5.43 Å². The smallest absolute Gasteiger partial charge is 0.0580 e. The van der Waals surface area contributed by atoms with E-state index in [0.29, 0.717) is 12.1 Å². The highest BCUT2D eigenvalue weighted by atomic mass is 16.5. The molecule has 1 aliphatic carbocycles. The molecule has 3 N–H and O–H groups in total. The summed E-state index contributed by atoms with van der Waals surface area (Å²) in [4.78, 5) is 0. The number of hydrogen-bond donors (Lipinski definition) is 2. The van der Waals surface area contributed by atoms with Crippen LogP contribution >= 0.6 is 0 Å². The second-order valence-corrected chi connectivity index (χ2v) is 6.15. The van der Waals surface area contributed by atoms with E-state index in [9.17, 15) is 0 Å². The molecule has 1 aromatic rings. The van der Waals surface area contributed by atoms with E-state index < -0.39 is 0 Å². The zero-order valence-electron chi connectivity index (χ0n) is 13.0. The molecule has 0 heterocycles. The summed E-state index contributed by atoms with van der Waals surface area (Å²) < 4.78 is 5.62. The standard InChI is InChI=1S/C17H28N2O/c1-4-20-17-9-14(10-17)8-16(19-18)11-15-7-12(2)5-6-13(15)3/h5-7,14,16-17,19H,4,8-11,18H2,1-3H3. The van der Waals surface area contributed by atoms with Crippen LogP contribution in [0.2, 0.25) is 0 Å². The number of nitrogens with one attached hydrogen (secondary N) is 1. The van der Waals surface area contributed by atoms with Crippen molar-refractivity contribution in [3.63, 3.8) is 0 Å². The Morgan fingerprint density at radius 2 is 2.10 bits per heavy atom. The minimum absolute atomic E-state index is 0.364. The molecule has 1 unspecified atom stereocenters. The van der Waals surface area contributed by atoms with Crippen LogP contribution in [0.15, 0.2) is 18.2 Å². The summed E-state index contributed by atoms with van der Waals surface area (Å²) in [6, 6.07) is 7.02. The van der Waals surface area contributed by atoms with Crippen molar-refractivity contribution < 1.29 is 4.74 Å². The number of ether oxygens (including phenoxy) is 1. The first-order valence-corrected chi connectivity index (χ1v) is 7.76. The summed E-state index contributed by atoms with van der Waals surface area (Å²) >= 11 is 0. The molecule has 0 spiro atoms. The molecule has 1 fully saturated rings. The molecule has 0 amide bonds. The van der Waals surface area contributed by atoms with Crippen molar-refractivity contribution in [3.05, 3.63) is 34.9 Å². The lowest BCUT2D eigenvalue weighted by Crippen LogP contribution is -2.42. The third-order valence-electron chi connectivity index (χ3n) is 4.42. The first-order chi connectivity index (χ1) is 9.62. The maximum atomic E-state index is 5.75. The van der Waals surface area contributed by atoms with Crippen molar-refractivity contribution in [2.75, 3.05) is 6.61 Å². The van der Waals surface area contributed by atoms with Crippen LogP contribution < -0.4 is 11.3 Å². The van der Waals surface area contributed by atoms with Gasteiger partial charge in [0, 0.05) is 12.6 Å². The minimum Gasteiger partial charge on any atom is -0.378 e. The molecule has 1 aromatic carbocycles. The van der Waals surface area contributed by atoms with Crippen LogP contribution in [0.4, 0.5) is 0 Å². The molecule has 0 radical (unpaired) electrons. The fourth-order valence-electron chi connectivity index (χ4n) is 3.14. The molecule has 0 aromatic heterocycles. The Labute approximate surface area is 122 Å². The van der Waals surface area contributed by atoms with Crippen LogP contribution in [0.3, 0.4) is 0 Å². The molecule has 0 bridgehead atoms. The van der Waals surface area contributed by atoms with E-state index in [2.05, 4.69) is 44.4 Å². The van der Waals surface area contributed by atoms with Crippen LogP contribution in [0, 0.1) is 19.8 Å². The highest BCUT2D eigenvalue weighted by molar-refractivity contribution is 5.31. The summed E-state index contributed by atoms with van der Waals surface area (Å²) in [5.74, 6) is 6.51. The Balaban J connectivity index is 1.85. The number of hydrogen-bond acceptors (Lipinski definition) is 3. The highest BCUT2D eigenvalue weighted by Gasteiger charge is 2.31. The molecule has 20 heavy (non-hydrogen) atoms. The van der Waals surface area contributed by atoms with E-state index in [1.807, 2.05) is 0 Å². The fourth-order valence-corrected chi connectivity index (χ4v) is 3.14. The highest BCUT2D eigenvalue weighted by Crippen LogP contribution is 2.34. The lowest BCUT2D eigenvalue weighted by molar-refractivity contribution is -0.0290. The van der Waals surface area contributed by atoms with Gasteiger partial charge in [0.15, 0.2) is 0 Å². The van der Waals surface area contributed by atoms with Gasteiger partial charge >= 0.3 is 0 Å². The molecule has 2 rings (SSSR count). The van der Waals surface area contributed by atoms with E-state index in [1.165, 1.54) is 29.5 Å². The van der Waals surface area contributed by atoms with Gasteiger partial charge < -0.3 is 4.74 Å². The molecule has 0 saturated heterocycles. The zero-order valence-corrected chi connectivity index (χ0v) is 13.0. The predicted molar refractivity (Wildman–Crippen MR) is 83.5 cm³/mol. The van der Waals surface area contributed by atoms with Gasteiger partial charge in [-0.05, 0) is 63.5 Å². The van der Waals surface area contributed by atoms with Gasteiger partial charge in [-0.3, -0.25) is 11.3 Å². The Kier molecular flexibility index (Phi) is 5.58. The monoisotopic (exact) mass is 276 g/mol. The lowest BCUT2D eigenvalue weighted by atomic mass is 9.77. The van der Waals surface area contributed by atoms with Gasteiger partial charge in [0.25, 0.3) is 0 Å². The average Bonchev–Trinajstić information content (AvgIpc) is 2.39. The van der Waals surface area contributed by atoms with Crippen molar-refractivity contribution in [2.45, 2.75) is 58.6 Å². The van der Waals surface area contributed by atoms with Gasteiger partial charge in [0.05, 0.1) is 6.10 Å².